The number of likely N-dealkylation sites (tertiary alicyclic amines) is 1. The monoisotopic (exact) mass is 338 g/mol. The van der Waals surface area contributed by atoms with Gasteiger partial charge in [-0.25, -0.2) is 9.07 Å². The molecule has 1 amide bonds. The van der Waals surface area contributed by atoms with Crippen LogP contribution in [-0.4, -0.2) is 68.3 Å². The van der Waals surface area contributed by atoms with Crippen LogP contribution in [0.1, 0.15) is 11.3 Å². The highest BCUT2D eigenvalue weighted by Gasteiger charge is 2.33. The van der Waals surface area contributed by atoms with Gasteiger partial charge in [-0.15, -0.1) is 16.4 Å². The van der Waals surface area contributed by atoms with Gasteiger partial charge < -0.3 is 4.90 Å². The largest absolute Gasteiger partial charge is 0.343 e. The van der Waals surface area contributed by atoms with Crippen LogP contribution in [0, 0.1) is 0 Å². The summed E-state index contributed by atoms with van der Waals surface area (Å²) in [6, 6.07) is 4.09. The zero-order valence-electron chi connectivity index (χ0n) is 12.9. The van der Waals surface area contributed by atoms with Gasteiger partial charge in [-0.1, -0.05) is 6.07 Å². The van der Waals surface area contributed by atoms with Crippen LogP contribution in [0.25, 0.3) is 0 Å². The molecule has 3 rings (SSSR count). The summed E-state index contributed by atoms with van der Waals surface area (Å²) in [6.45, 7) is 1.77. The van der Waals surface area contributed by atoms with E-state index in [9.17, 15) is 9.18 Å². The van der Waals surface area contributed by atoms with E-state index in [2.05, 4.69) is 26.5 Å². The van der Waals surface area contributed by atoms with Crippen molar-refractivity contribution in [3.63, 3.8) is 0 Å². The molecule has 0 spiro atoms. The summed E-state index contributed by atoms with van der Waals surface area (Å²) in [5.41, 5.74) is 0. The van der Waals surface area contributed by atoms with E-state index in [0.717, 1.165) is 6.54 Å². The molecule has 0 saturated carbocycles. The highest BCUT2D eigenvalue weighted by molar-refractivity contribution is 7.09. The van der Waals surface area contributed by atoms with Crippen LogP contribution in [0.4, 0.5) is 4.39 Å². The first-order chi connectivity index (χ1) is 11.1. The average Bonchev–Trinajstić information content (AvgIpc) is 3.23. The number of alkyl halides is 1. The Balaban J connectivity index is 1.57. The number of hydrogen-bond acceptors (Lipinski definition) is 6. The number of aromatic nitrogens is 4. The fourth-order valence-electron chi connectivity index (χ4n) is 2.84. The van der Waals surface area contributed by atoms with Crippen molar-refractivity contribution in [2.24, 2.45) is 0 Å². The molecular formula is C14H19FN6OS. The van der Waals surface area contributed by atoms with E-state index in [1.54, 1.807) is 23.3 Å². The summed E-state index contributed by atoms with van der Waals surface area (Å²) in [4.78, 5) is 17.2. The lowest BCUT2D eigenvalue weighted by atomic mass is 10.2. The molecule has 2 atom stereocenters. The van der Waals surface area contributed by atoms with Crippen LogP contribution in [0.3, 0.4) is 0 Å². The Bertz CT molecular complexity index is 619. The second-order valence-corrected chi connectivity index (χ2v) is 6.81. The zero-order chi connectivity index (χ0) is 16.2. The highest BCUT2D eigenvalue weighted by Crippen LogP contribution is 2.24. The number of hydrogen-bond donors (Lipinski definition) is 0. The number of halogens is 1. The Morgan fingerprint density at radius 2 is 2.43 bits per heavy atom. The van der Waals surface area contributed by atoms with Gasteiger partial charge in [-0.05, 0) is 28.3 Å². The summed E-state index contributed by atoms with van der Waals surface area (Å²) in [5, 5.41) is 12.7. The number of tetrazole rings is 1. The fraction of sp³-hybridized carbons (Fsp3) is 0.571. The molecule has 1 aliphatic heterocycles. The number of carbonyl (C=O) groups excluding carboxylic acids is 1. The van der Waals surface area contributed by atoms with Crippen molar-refractivity contribution in [2.75, 3.05) is 20.1 Å². The molecule has 0 bridgehead atoms. The maximum Gasteiger partial charge on any atom is 0.244 e. The number of rotatable bonds is 6. The third kappa shape index (κ3) is 4.11. The van der Waals surface area contributed by atoms with E-state index in [1.165, 1.54) is 15.9 Å². The lowest BCUT2D eigenvalue weighted by Crippen LogP contribution is -2.41. The minimum atomic E-state index is -0.831. The molecule has 124 valence electrons. The van der Waals surface area contributed by atoms with Gasteiger partial charge in [0.15, 0.2) is 0 Å². The third-order valence-electron chi connectivity index (χ3n) is 4.01. The molecule has 1 saturated heterocycles. The van der Waals surface area contributed by atoms with Crippen LogP contribution in [-0.2, 0) is 17.9 Å². The molecular weight excluding hydrogens is 319 g/mol. The van der Waals surface area contributed by atoms with Crippen molar-refractivity contribution in [1.82, 2.24) is 30.0 Å². The minimum Gasteiger partial charge on any atom is -0.343 e. The van der Waals surface area contributed by atoms with Gasteiger partial charge in [0.05, 0.1) is 0 Å². The first-order valence-electron chi connectivity index (χ1n) is 7.47. The molecule has 0 unspecified atom stereocenters. The van der Waals surface area contributed by atoms with E-state index < -0.39 is 6.17 Å². The standard InChI is InChI=1S/C14H19FN6OS/c1-19(14(22)9-21-10-16-17-18-21)7-12-5-11(15)6-20(12)8-13-3-2-4-23-13/h2-4,10-12H,5-9H2,1H3/t11-,12-/m0/s1. The van der Waals surface area contributed by atoms with Gasteiger partial charge >= 0.3 is 0 Å². The van der Waals surface area contributed by atoms with Crippen molar-refractivity contribution in [1.29, 1.82) is 0 Å². The van der Waals surface area contributed by atoms with E-state index in [0.29, 0.717) is 19.5 Å². The molecule has 0 aliphatic carbocycles. The van der Waals surface area contributed by atoms with Crippen LogP contribution in [0.5, 0.6) is 0 Å². The summed E-state index contributed by atoms with van der Waals surface area (Å²) in [7, 11) is 1.74. The molecule has 0 N–H and O–H groups in total. The Morgan fingerprint density at radius 3 is 3.13 bits per heavy atom. The Hall–Kier alpha value is -1.87. The van der Waals surface area contributed by atoms with Crippen LogP contribution in [0.15, 0.2) is 23.8 Å². The predicted molar refractivity (Wildman–Crippen MR) is 83.5 cm³/mol. The lowest BCUT2D eigenvalue weighted by Gasteiger charge is -2.28. The van der Waals surface area contributed by atoms with E-state index in [4.69, 9.17) is 0 Å². The third-order valence-corrected chi connectivity index (χ3v) is 4.88. The van der Waals surface area contributed by atoms with Crippen molar-refractivity contribution in [3.8, 4) is 0 Å². The topological polar surface area (TPSA) is 67.2 Å². The Labute approximate surface area is 137 Å². The zero-order valence-corrected chi connectivity index (χ0v) is 13.7. The first-order valence-corrected chi connectivity index (χ1v) is 8.35. The smallest absolute Gasteiger partial charge is 0.244 e. The van der Waals surface area contributed by atoms with Crippen molar-refractivity contribution < 1.29 is 9.18 Å². The summed E-state index contributed by atoms with van der Waals surface area (Å²) in [5.74, 6) is -0.0873. The van der Waals surface area contributed by atoms with Gasteiger partial charge in [0.1, 0.15) is 19.0 Å². The number of likely N-dealkylation sites (N-methyl/N-ethyl adjacent to an activating group) is 1. The Morgan fingerprint density at radius 1 is 1.57 bits per heavy atom. The van der Waals surface area contributed by atoms with E-state index in [-0.39, 0.29) is 18.5 Å². The van der Waals surface area contributed by atoms with Gasteiger partial charge in [0.2, 0.25) is 5.91 Å². The fourth-order valence-corrected chi connectivity index (χ4v) is 3.57. The molecule has 2 aromatic rings. The summed E-state index contributed by atoms with van der Waals surface area (Å²) >= 11 is 1.67. The maximum absolute atomic E-state index is 13.8. The first kappa shape index (κ1) is 16.0. The molecule has 23 heavy (non-hydrogen) atoms. The second-order valence-electron chi connectivity index (χ2n) is 5.78. The van der Waals surface area contributed by atoms with Crippen LogP contribution >= 0.6 is 11.3 Å². The van der Waals surface area contributed by atoms with Crippen molar-refractivity contribution in [2.45, 2.75) is 31.7 Å². The molecule has 1 fully saturated rings. The highest BCUT2D eigenvalue weighted by atomic mass is 32.1. The number of nitrogens with zero attached hydrogens (tertiary/aromatic N) is 6. The minimum absolute atomic E-state index is 0.0370. The molecule has 2 aromatic heterocycles. The summed E-state index contributed by atoms with van der Waals surface area (Å²) < 4.78 is 15.2. The quantitative estimate of drug-likeness (QED) is 0.780. The van der Waals surface area contributed by atoms with Gasteiger partial charge in [-0.3, -0.25) is 9.69 Å². The Kier molecular flexibility index (Phi) is 4.97. The predicted octanol–water partition coefficient (Wildman–Crippen LogP) is 0.806. The molecule has 0 radical (unpaired) electrons. The number of amides is 1. The number of thiophene rings is 1. The molecule has 3 heterocycles. The SMILES string of the molecule is CN(C[C@@H]1C[C@H](F)CN1Cc1cccs1)C(=O)Cn1cnnn1. The number of carbonyl (C=O) groups is 1. The summed E-state index contributed by atoms with van der Waals surface area (Å²) in [6.07, 6.45) is 1.04. The second kappa shape index (κ2) is 7.14. The molecule has 9 heteroatoms. The van der Waals surface area contributed by atoms with E-state index in [1.807, 2.05) is 11.4 Å². The normalized spacial score (nSPS) is 21.7. The van der Waals surface area contributed by atoms with Gasteiger partial charge in [0, 0.05) is 37.6 Å². The van der Waals surface area contributed by atoms with E-state index >= 15 is 0 Å². The van der Waals surface area contributed by atoms with Crippen molar-refractivity contribution >= 4 is 17.2 Å². The molecule has 0 aromatic carbocycles. The average molecular weight is 338 g/mol. The molecule has 1 aliphatic rings. The molecule has 7 nitrogen and oxygen atoms in total. The maximum atomic E-state index is 13.8. The van der Waals surface area contributed by atoms with Crippen LogP contribution < -0.4 is 0 Å². The van der Waals surface area contributed by atoms with Crippen LogP contribution in [0.2, 0.25) is 0 Å². The lowest BCUT2D eigenvalue weighted by molar-refractivity contribution is -0.131. The van der Waals surface area contributed by atoms with Gasteiger partial charge in [0.25, 0.3) is 0 Å². The van der Waals surface area contributed by atoms with Crippen molar-refractivity contribution in [3.05, 3.63) is 28.7 Å². The van der Waals surface area contributed by atoms with Gasteiger partial charge in [-0.2, -0.15) is 0 Å².